The fourth-order valence-electron chi connectivity index (χ4n) is 4.57. The van der Waals surface area contributed by atoms with Gasteiger partial charge in [-0.1, -0.05) is 12.8 Å². The molecule has 3 unspecified atom stereocenters. The summed E-state index contributed by atoms with van der Waals surface area (Å²) >= 11 is 1.71. The van der Waals surface area contributed by atoms with Crippen LogP contribution in [0.2, 0.25) is 0 Å². The summed E-state index contributed by atoms with van der Waals surface area (Å²) in [6.07, 6.45) is 6.29. The van der Waals surface area contributed by atoms with Gasteiger partial charge in [-0.25, -0.2) is 4.98 Å². The molecule has 2 aliphatic heterocycles. The quantitative estimate of drug-likeness (QED) is 0.757. The van der Waals surface area contributed by atoms with Crippen LogP contribution in [0, 0.1) is 12.8 Å². The lowest BCUT2D eigenvalue weighted by Gasteiger charge is -2.35. The highest BCUT2D eigenvalue weighted by atomic mass is 35.5. The van der Waals surface area contributed by atoms with Gasteiger partial charge in [0.1, 0.15) is 0 Å². The number of nitrogens with one attached hydrogen (secondary N) is 1. The summed E-state index contributed by atoms with van der Waals surface area (Å²) in [5.41, 5.74) is 1.17. The van der Waals surface area contributed by atoms with Gasteiger partial charge in [-0.15, -0.1) is 48.6 Å². The van der Waals surface area contributed by atoms with Crippen LogP contribution in [0.4, 0.5) is 0 Å². The van der Waals surface area contributed by atoms with Gasteiger partial charge in [0.15, 0.2) is 0 Å². The second-order valence-corrected chi connectivity index (χ2v) is 8.63. The van der Waals surface area contributed by atoms with E-state index in [0.29, 0.717) is 11.9 Å². The number of carbonyl (C=O) groups excluding carboxylic acids is 1. The largest absolute Gasteiger partial charge is 0.339 e. The molecule has 27 heavy (non-hydrogen) atoms. The average Bonchev–Trinajstić information content (AvgIpc) is 3.21. The van der Waals surface area contributed by atoms with Gasteiger partial charge in [0.05, 0.1) is 16.7 Å². The summed E-state index contributed by atoms with van der Waals surface area (Å²) in [7, 11) is 0. The van der Waals surface area contributed by atoms with Gasteiger partial charge < -0.3 is 10.2 Å². The molecule has 1 aromatic heterocycles. The minimum Gasteiger partial charge on any atom is -0.339 e. The Kier molecular flexibility index (Phi) is 10.3. The van der Waals surface area contributed by atoms with Crippen molar-refractivity contribution in [2.45, 2.75) is 57.7 Å². The molecule has 5 nitrogen and oxygen atoms in total. The second-order valence-electron chi connectivity index (χ2n) is 7.57. The molecule has 4 rings (SSSR count). The standard InChI is InChI=1S/C18H28N4OS.3ClH/c1-13-19-15(12-24-13)11-21-6-8-22(9-7-21)18(23)17-10-14-4-2-3-5-16(14)20-17;;;/h12,14,16-17,20H,2-11H2,1H3;3*1H. The highest BCUT2D eigenvalue weighted by Gasteiger charge is 2.40. The molecule has 3 heterocycles. The zero-order chi connectivity index (χ0) is 16.5. The Hall–Kier alpha value is -0.110. The first-order chi connectivity index (χ1) is 11.7. The highest BCUT2D eigenvalue weighted by molar-refractivity contribution is 7.09. The molecule has 9 heteroatoms. The first-order valence-corrected chi connectivity index (χ1v) is 10.3. The number of piperazine rings is 1. The van der Waals surface area contributed by atoms with E-state index in [1.165, 1.54) is 31.4 Å². The molecule has 1 amide bonds. The number of aryl methyl sites for hydroxylation is 1. The number of hydrogen-bond acceptors (Lipinski definition) is 5. The lowest BCUT2D eigenvalue weighted by atomic mass is 9.85. The maximum atomic E-state index is 12.8. The van der Waals surface area contributed by atoms with Gasteiger partial charge in [-0.2, -0.15) is 0 Å². The van der Waals surface area contributed by atoms with Crippen LogP contribution < -0.4 is 5.32 Å². The van der Waals surface area contributed by atoms with E-state index in [2.05, 4.69) is 32.4 Å². The molecule has 1 saturated carbocycles. The predicted molar refractivity (Wildman–Crippen MR) is 118 cm³/mol. The first-order valence-electron chi connectivity index (χ1n) is 9.37. The summed E-state index contributed by atoms with van der Waals surface area (Å²) in [6, 6.07) is 0.674. The van der Waals surface area contributed by atoms with E-state index >= 15 is 0 Å². The summed E-state index contributed by atoms with van der Waals surface area (Å²) < 4.78 is 0. The van der Waals surface area contributed by atoms with Crippen molar-refractivity contribution in [3.8, 4) is 0 Å². The number of nitrogens with zero attached hydrogens (tertiary/aromatic N) is 3. The number of aromatic nitrogens is 1. The molecule has 3 fully saturated rings. The number of thiazole rings is 1. The van der Waals surface area contributed by atoms with E-state index < -0.39 is 0 Å². The molecule has 0 spiro atoms. The molecule has 1 aromatic rings. The maximum Gasteiger partial charge on any atom is 0.239 e. The lowest BCUT2D eigenvalue weighted by molar-refractivity contribution is -0.135. The molecule has 0 aromatic carbocycles. The van der Waals surface area contributed by atoms with Crippen LogP contribution >= 0.6 is 48.6 Å². The first kappa shape index (κ1) is 24.9. The fraction of sp³-hybridized carbons (Fsp3) is 0.778. The highest BCUT2D eigenvalue weighted by Crippen LogP contribution is 2.33. The van der Waals surface area contributed by atoms with Crippen molar-refractivity contribution in [1.82, 2.24) is 20.1 Å². The van der Waals surface area contributed by atoms with Crippen molar-refractivity contribution < 1.29 is 4.79 Å². The molecule has 0 radical (unpaired) electrons. The maximum absolute atomic E-state index is 12.8. The second kappa shape index (κ2) is 11.2. The van der Waals surface area contributed by atoms with Crippen LogP contribution in [-0.2, 0) is 11.3 Å². The van der Waals surface area contributed by atoms with Gasteiger partial charge in [0, 0.05) is 44.1 Å². The van der Waals surface area contributed by atoms with Crippen molar-refractivity contribution in [2.24, 2.45) is 5.92 Å². The average molecular weight is 458 g/mol. The summed E-state index contributed by atoms with van der Waals surface area (Å²) in [5.74, 6) is 1.08. The van der Waals surface area contributed by atoms with Crippen LogP contribution in [0.25, 0.3) is 0 Å². The van der Waals surface area contributed by atoms with Crippen LogP contribution in [0.1, 0.15) is 42.8 Å². The zero-order valence-corrected chi connectivity index (χ0v) is 19.0. The number of carbonyl (C=O) groups is 1. The molecule has 3 aliphatic rings. The summed E-state index contributed by atoms with van der Waals surface area (Å²) in [6.45, 7) is 6.60. The van der Waals surface area contributed by atoms with E-state index in [9.17, 15) is 4.79 Å². The van der Waals surface area contributed by atoms with Gasteiger partial charge in [0.25, 0.3) is 0 Å². The van der Waals surface area contributed by atoms with Crippen LogP contribution in [0.3, 0.4) is 0 Å². The minimum atomic E-state index is 0. The third-order valence-corrected chi connectivity index (χ3v) is 6.72. The normalized spacial score (nSPS) is 27.7. The van der Waals surface area contributed by atoms with Crippen molar-refractivity contribution in [1.29, 1.82) is 0 Å². The third-order valence-electron chi connectivity index (χ3n) is 5.90. The number of rotatable bonds is 3. The molecule has 2 saturated heterocycles. The van der Waals surface area contributed by atoms with Crippen LogP contribution in [0.5, 0.6) is 0 Å². The molecular weight excluding hydrogens is 427 g/mol. The van der Waals surface area contributed by atoms with Crippen LogP contribution in [-0.4, -0.2) is 59.0 Å². The summed E-state index contributed by atoms with van der Waals surface area (Å²) in [4.78, 5) is 21.9. The predicted octanol–water partition coefficient (Wildman–Crippen LogP) is 3.28. The van der Waals surface area contributed by atoms with Crippen molar-refractivity contribution in [3.05, 3.63) is 16.1 Å². The number of hydrogen-bond donors (Lipinski definition) is 1. The molecule has 0 bridgehead atoms. The number of amides is 1. The van der Waals surface area contributed by atoms with Crippen molar-refractivity contribution in [3.63, 3.8) is 0 Å². The molecule has 3 atom stereocenters. The van der Waals surface area contributed by atoms with Gasteiger partial charge in [-0.3, -0.25) is 9.69 Å². The van der Waals surface area contributed by atoms with Gasteiger partial charge in [0.2, 0.25) is 5.91 Å². The van der Waals surface area contributed by atoms with Gasteiger partial charge >= 0.3 is 0 Å². The molecule has 156 valence electrons. The van der Waals surface area contributed by atoms with E-state index in [1.807, 2.05) is 0 Å². The van der Waals surface area contributed by atoms with E-state index in [0.717, 1.165) is 50.1 Å². The van der Waals surface area contributed by atoms with Crippen LogP contribution in [0.15, 0.2) is 5.38 Å². The van der Waals surface area contributed by atoms with Gasteiger partial charge in [-0.05, 0) is 32.1 Å². The smallest absolute Gasteiger partial charge is 0.239 e. The van der Waals surface area contributed by atoms with Crippen molar-refractivity contribution in [2.75, 3.05) is 26.2 Å². The van der Waals surface area contributed by atoms with E-state index in [1.54, 1.807) is 11.3 Å². The SMILES string of the molecule is Cc1nc(CN2CCN(C(=O)C3CC4CCCCC4N3)CC2)cs1.Cl.Cl.Cl. The Balaban J connectivity index is 0.00000121. The monoisotopic (exact) mass is 456 g/mol. The number of fused-ring (bicyclic) bond motifs is 1. The topological polar surface area (TPSA) is 48.5 Å². The Morgan fingerprint density at radius 3 is 2.52 bits per heavy atom. The Labute approximate surface area is 184 Å². The Morgan fingerprint density at radius 2 is 1.89 bits per heavy atom. The Bertz CT molecular complexity index is 581. The van der Waals surface area contributed by atoms with E-state index in [-0.39, 0.29) is 43.3 Å². The molecule has 1 N–H and O–H groups in total. The fourth-order valence-corrected chi connectivity index (χ4v) is 5.17. The molecular formula is C18H31Cl3N4OS. The zero-order valence-electron chi connectivity index (χ0n) is 15.8. The third kappa shape index (κ3) is 5.94. The molecule has 1 aliphatic carbocycles. The Morgan fingerprint density at radius 1 is 1.19 bits per heavy atom. The van der Waals surface area contributed by atoms with E-state index in [4.69, 9.17) is 0 Å². The van der Waals surface area contributed by atoms with Crippen molar-refractivity contribution >= 4 is 54.5 Å². The minimum absolute atomic E-state index is 0. The lowest BCUT2D eigenvalue weighted by Crippen LogP contribution is -2.53. The number of halogens is 3. The summed E-state index contributed by atoms with van der Waals surface area (Å²) in [5, 5.41) is 6.91.